The second kappa shape index (κ2) is 9.84. The highest BCUT2D eigenvalue weighted by Crippen LogP contribution is 2.37. The van der Waals surface area contributed by atoms with E-state index in [0.717, 1.165) is 24.1 Å². The first-order valence-electron chi connectivity index (χ1n) is 12.1. The van der Waals surface area contributed by atoms with E-state index in [0.29, 0.717) is 38.9 Å². The summed E-state index contributed by atoms with van der Waals surface area (Å²) in [5, 5.41) is 3.15. The first-order valence-corrected chi connectivity index (χ1v) is 12.1. The molecule has 33 heavy (non-hydrogen) atoms. The smallest absolute Gasteiger partial charge is 0.325 e. The van der Waals surface area contributed by atoms with Gasteiger partial charge in [-0.2, -0.15) is 0 Å². The van der Waals surface area contributed by atoms with Crippen LogP contribution in [0.5, 0.6) is 0 Å². The highest BCUT2D eigenvalue weighted by molar-refractivity contribution is 6.07. The Bertz CT molecular complexity index is 884. The van der Waals surface area contributed by atoms with Gasteiger partial charge >= 0.3 is 6.03 Å². The van der Waals surface area contributed by atoms with E-state index in [4.69, 9.17) is 0 Å². The lowest BCUT2D eigenvalue weighted by Gasteiger charge is -2.42. The minimum Gasteiger partial charge on any atom is -0.342 e. The number of benzene rings is 1. The van der Waals surface area contributed by atoms with Crippen molar-refractivity contribution in [3.63, 3.8) is 0 Å². The summed E-state index contributed by atoms with van der Waals surface area (Å²) in [7, 11) is 3.97. The summed E-state index contributed by atoms with van der Waals surface area (Å²) in [6.07, 6.45) is 2.62. The summed E-state index contributed by atoms with van der Waals surface area (Å²) >= 11 is 0. The molecule has 0 aliphatic carbocycles. The van der Waals surface area contributed by atoms with Gasteiger partial charge in [-0.15, -0.1) is 0 Å². The van der Waals surface area contributed by atoms with E-state index in [1.807, 2.05) is 71.0 Å². The van der Waals surface area contributed by atoms with Gasteiger partial charge in [0.25, 0.3) is 5.91 Å². The fourth-order valence-electron chi connectivity index (χ4n) is 5.09. The van der Waals surface area contributed by atoms with E-state index >= 15 is 0 Å². The number of carbonyl (C=O) groups excluding carboxylic acids is 3. The fourth-order valence-corrected chi connectivity index (χ4v) is 5.09. The zero-order valence-corrected chi connectivity index (χ0v) is 21.1. The molecule has 3 rings (SSSR count). The number of urea groups is 1. The number of nitrogens with one attached hydrogen (secondary N) is 1. The topological polar surface area (TPSA) is 73.0 Å². The van der Waals surface area contributed by atoms with Crippen LogP contribution in [0, 0.1) is 18.3 Å². The number of amides is 4. The van der Waals surface area contributed by atoms with Crippen LogP contribution in [0.25, 0.3) is 0 Å². The number of piperidine rings is 1. The summed E-state index contributed by atoms with van der Waals surface area (Å²) < 4.78 is 0. The highest BCUT2D eigenvalue weighted by Gasteiger charge is 2.56. The van der Waals surface area contributed by atoms with E-state index in [1.54, 1.807) is 0 Å². The lowest BCUT2D eigenvalue weighted by Crippen LogP contribution is -2.58. The molecule has 0 saturated carbocycles. The molecule has 2 aliphatic rings. The van der Waals surface area contributed by atoms with Crippen molar-refractivity contribution in [1.29, 1.82) is 0 Å². The maximum Gasteiger partial charge on any atom is 0.325 e. The molecule has 0 aromatic heterocycles. The van der Waals surface area contributed by atoms with Gasteiger partial charge in [0.05, 0.1) is 0 Å². The van der Waals surface area contributed by atoms with Gasteiger partial charge < -0.3 is 15.1 Å². The first kappa shape index (κ1) is 25.2. The Morgan fingerprint density at radius 3 is 2.36 bits per heavy atom. The SMILES string of the molecule is Cc1ccccc1C[C@]1(C2CCN(C(=O)C(C)(C)C)CC2)NC(=O)N(CCCN(C)C)C1=O. The van der Waals surface area contributed by atoms with E-state index in [9.17, 15) is 14.4 Å². The summed E-state index contributed by atoms with van der Waals surface area (Å²) in [5.74, 6) is 0.00697. The van der Waals surface area contributed by atoms with Crippen molar-refractivity contribution in [2.24, 2.45) is 11.3 Å². The van der Waals surface area contributed by atoms with Gasteiger partial charge in [0.15, 0.2) is 0 Å². The zero-order valence-electron chi connectivity index (χ0n) is 21.1. The van der Waals surface area contributed by atoms with Crippen LogP contribution in [-0.4, -0.2) is 78.4 Å². The van der Waals surface area contributed by atoms with Crippen LogP contribution in [0.4, 0.5) is 4.79 Å². The van der Waals surface area contributed by atoms with Crippen molar-refractivity contribution < 1.29 is 14.4 Å². The van der Waals surface area contributed by atoms with Gasteiger partial charge in [0.1, 0.15) is 5.54 Å². The van der Waals surface area contributed by atoms with Crippen LogP contribution in [-0.2, 0) is 16.0 Å². The number of nitrogens with zero attached hydrogens (tertiary/aromatic N) is 3. The van der Waals surface area contributed by atoms with Gasteiger partial charge in [0.2, 0.25) is 5.91 Å². The number of hydrogen-bond acceptors (Lipinski definition) is 4. The number of hydrogen-bond donors (Lipinski definition) is 1. The molecule has 182 valence electrons. The predicted molar refractivity (Wildman–Crippen MR) is 130 cm³/mol. The maximum absolute atomic E-state index is 13.9. The summed E-state index contributed by atoms with van der Waals surface area (Å²) in [6, 6.07) is 7.77. The maximum atomic E-state index is 13.9. The molecule has 4 amide bonds. The summed E-state index contributed by atoms with van der Waals surface area (Å²) in [5.41, 5.74) is 0.810. The molecule has 7 heteroatoms. The Morgan fingerprint density at radius 1 is 1.15 bits per heavy atom. The third-order valence-electron chi connectivity index (χ3n) is 7.04. The van der Waals surface area contributed by atoms with Gasteiger partial charge in [0, 0.05) is 31.5 Å². The lowest BCUT2D eigenvalue weighted by atomic mass is 9.73. The largest absolute Gasteiger partial charge is 0.342 e. The number of imide groups is 1. The molecule has 0 bridgehead atoms. The predicted octanol–water partition coefficient (Wildman–Crippen LogP) is 3.06. The molecule has 0 spiro atoms. The molecule has 1 aromatic carbocycles. The molecule has 2 saturated heterocycles. The first-order chi connectivity index (χ1) is 15.5. The third kappa shape index (κ3) is 5.40. The van der Waals surface area contributed by atoms with Gasteiger partial charge in [-0.3, -0.25) is 14.5 Å². The number of aryl methyl sites for hydroxylation is 1. The number of carbonyl (C=O) groups is 3. The molecule has 2 heterocycles. The van der Waals surface area contributed by atoms with E-state index in [1.165, 1.54) is 4.90 Å². The van der Waals surface area contributed by atoms with Crippen molar-refractivity contribution >= 4 is 17.8 Å². The van der Waals surface area contributed by atoms with E-state index in [-0.39, 0.29) is 23.8 Å². The Morgan fingerprint density at radius 2 is 1.79 bits per heavy atom. The normalized spacial score (nSPS) is 22.3. The summed E-state index contributed by atoms with van der Waals surface area (Å²) in [6.45, 7) is 10.3. The second-order valence-electron chi connectivity index (χ2n) is 10.9. The molecule has 2 fully saturated rings. The average molecular weight is 457 g/mol. The number of rotatable bonds is 7. The molecule has 2 aliphatic heterocycles. The number of likely N-dealkylation sites (tertiary alicyclic amines) is 1. The van der Waals surface area contributed by atoms with Crippen LogP contribution < -0.4 is 5.32 Å². The highest BCUT2D eigenvalue weighted by atomic mass is 16.2. The molecular weight excluding hydrogens is 416 g/mol. The van der Waals surface area contributed by atoms with Crippen molar-refractivity contribution in [3.8, 4) is 0 Å². The van der Waals surface area contributed by atoms with Crippen LogP contribution in [0.15, 0.2) is 24.3 Å². The van der Waals surface area contributed by atoms with Crippen molar-refractivity contribution in [3.05, 3.63) is 35.4 Å². The zero-order chi connectivity index (χ0) is 24.4. The van der Waals surface area contributed by atoms with Crippen LogP contribution >= 0.6 is 0 Å². The molecule has 1 atom stereocenters. The van der Waals surface area contributed by atoms with E-state index in [2.05, 4.69) is 10.2 Å². The van der Waals surface area contributed by atoms with Crippen molar-refractivity contribution in [1.82, 2.24) is 20.0 Å². The Labute approximate surface area is 198 Å². The minimum absolute atomic E-state index is 0.0172. The quantitative estimate of drug-likeness (QED) is 0.640. The third-order valence-corrected chi connectivity index (χ3v) is 7.04. The van der Waals surface area contributed by atoms with Crippen LogP contribution in [0.2, 0.25) is 0 Å². The molecule has 7 nitrogen and oxygen atoms in total. The van der Waals surface area contributed by atoms with Crippen molar-refractivity contribution in [2.75, 3.05) is 40.3 Å². The lowest BCUT2D eigenvalue weighted by molar-refractivity contribution is -0.142. The molecule has 1 N–H and O–H groups in total. The Hall–Kier alpha value is -2.41. The van der Waals surface area contributed by atoms with Crippen LogP contribution in [0.1, 0.15) is 51.2 Å². The molecule has 0 unspecified atom stereocenters. The van der Waals surface area contributed by atoms with E-state index < -0.39 is 11.0 Å². The second-order valence-corrected chi connectivity index (χ2v) is 10.9. The minimum atomic E-state index is -0.960. The van der Waals surface area contributed by atoms with Gasteiger partial charge in [-0.1, -0.05) is 45.0 Å². The molecule has 1 aromatic rings. The van der Waals surface area contributed by atoms with Crippen LogP contribution in [0.3, 0.4) is 0 Å². The standard InChI is InChI=1S/C26H40N4O3/c1-19-10-7-8-11-20(19)18-26(21-12-16-29(17-13-21)22(31)25(2,3)4)23(32)30(24(33)27-26)15-9-14-28(5)6/h7-8,10-11,21H,9,12-18H2,1-6H3,(H,27,33)/t26-/m1/s1. The Kier molecular flexibility index (Phi) is 7.52. The fraction of sp³-hybridized carbons (Fsp3) is 0.654. The molecular formula is C26H40N4O3. The average Bonchev–Trinajstić information content (AvgIpc) is 2.99. The van der Waals surface area contributed by atoms with Gasteiger partial charge in [-0.05, 0) is 63.9 Å². The van der Waals surface area contributed by atoms with Gasteiger partial charge in [-0.25, -0.2) is 4.79 Å². The summed E-state index contributed by atoms with van der Waals surface area (Å²) in [4.78, 5) is 45.0. The Balaban J connectivity index is 1.85. The molecule has 0 radical (unpaired) electrons. The van der Waals surface area contributed by atoms with Crippen molar-refractivity contribution in [2.45, 2.75) is 58.9 Å². The monoisotopic (exact) mass is 456 g/mol.